The molecule has 0 aliphatic carbocycles. The van der Waals surface area contributed by atoms with E-state index in [0.717, 1.165) is 16.9 Å². The van der Waals surface area contributed by atoms with Crippen LogP contribution in [0.3, 0.4) is 0 Å². The van der Waals surface area contributed by atoms with Gasteiger partial charge in [0, 0.05) is 0 Å². The number of carbonyl (C=O) groups excluding carboxylic acids is 1. The molecule has 3 heteroatoms. The maximum absolute atomic E-state index is 11.3. The Morgan fingerprint density at radius 3 is 2.41 bits per heavy atom. The minimum absolute atomic E-state index is 0.357. The van der Waals surface area contributed by atoms with Crippen molar-refractivity contribution in [3.05, 3.63) is 29.3 Å². The number of rotatable bonds is 4. The highest BCUT2D eigenvalue weighted by Gasteiger charge is 2.17. The summed E-state index contributed by atoms with van der Waals surface area (Å²) in [4.78, 5) is 11.3. The van der Waals surface area contributed by atoms with Gasteiger partial charge in [-0.25, -0.2) is 4.79 Å². The van der Waals surface area contributed by atoms with Crippen molar-refractivity contribution in [2.45, 2.75) is 39.7 Å². The zero-order chi connectivity index (χ0) is 13.0. The fourth-order valence-electron chi connectivity index (χ4n) is 1.63. The van der Waals surface area contributed by atoms with Gasteiger partial charge in [-0.2, -0.15) is 0 Å². The lowest BCUT2D eigenvalue weighted by molar-refractivity contribution is -0.147. The van der Waals surface area contributed by atoms with E-state index in [1.54, 1.807) is 6.92 Å². The van der Waals surface area contributed by atoms with Crippen LogP contribution in [0.15, 0.2) is 18.2 Å². The van der Waals surface area contributed by atoms with E-state index in [0.29, 0.717) is 5.92 Å². The Morgan fingerprint density at radius 1 is 1.24 bits per heavy atom. The average molecular weight is 236 g/mol. The molecule has 0 saturated carbocycles. The second kappa shape index (κ2) is 5.71. The molecular weight excluding hydrogens is 216 g/mol. The summed E-state index contributed by atoms with van der Waals surface area (Å²) in [5, 5.41) is 0. The number of aryl methyl sites for hydroxylation is 1. The third kappa shape index (κ3) is 3.48. The number of ether oxygens (including phenoxy) is 2. The molecule has 0 fully saturated rings. The van der Waals surface area contributed by atoms with Crippen LogP contribution in [0.25, 0.3) is 0 Å². The van der Waals surface area contributed by atoms with Gasteiger partial charge in [-0.1, -0.05) is 26.0 Å². The predicted octanol–water partition coefficient (Wildman–Crippen LogP) is 3.06. The zero-order valence-corrected chi connectivity index (χ0v) is 11.1. The molecule has 94 valence electrons. The molecular formula is C14H20O3. The fraction of sp³-hybridized carbons (Fsp3) is 0.500. The topological polar surface area (TPSA) is 35.5 Å². The number of hydrogen-bond acceptors (Lipinski definition) is 3. The number of benzene rings is 1. The third-order valence-electron chi connectivity index (χ3n) is 2.63. The van der Waals surface area contributed by atoms with Crippen molar-refractivity contribution in [3.8, 4) is 5.75 Å². The van der Waals surface area contributed by atoms with Gasteiger partial charge in [-0.05, 0) is 37.0 Å². The van der Waals surface area contributed by atoms with E-state index in [2.05, 4.69) is 18.6 Å². The average Bonchev–Trinajstić information content (AvgIpc) is 2.27. The van der Waals surface area contributed by atoms with E-state index in [1.807, 2.05) is 25.1 Å². The zero-order valence-electron chi connectivity index (χ0n) is 11.1. The molecule has 0 unspecified atom stereocenters. The lowest BCUT2D eigenvalue weighted by Gasteiger charge is -2.18. The lowest BCUT2D eigenvalue weighted by Crippen LogP contribution is -2.25. The summed E-state index contributed by atoms with van der Waals surface area (Å²) < 4.78 is 10.3. The highest BCUT2D eigenvalue weighted by Crippen LogP contribution is 2.28. The molecule has 0 aromatic heterocycles. The second-order valence-corrected chi connectivity index (χ2v) is 4.48. The van der Waals surface area contributed by atoms with Crippen molar-refractivity contribution >= 4 is 5.97 Å². The summed E-state index contributed by atoms with van der Waals surface area (Å²) in [6.07, 6.45) is -0.584. The molecule has 0 spiro atoms. The highest BCUT2D eigenvalue weighted by atomic mass is 16.6. The van der Waals surface area contributed by atoms with Gasteiger partial charge in [-0.15, -0.1) is 0 Å². The molecule has 0 amide bonds. The Morgan fingerprint density at radius 2 is 1.88 bits per heavy atom. The second-order valence-electron chi connectivity index (χ2n) is 4.48. The SMILES string of the molecule is COC(=O)[C@H](C)Oc1cc(C)ccc1C(C)C. The predicted molar refractivity (Wildman–Crippen MR) is 67.4 cm³/mol. The number of carbonyl (C=O) groups is 1. The van der Waals surface area contributed by atoms with Gasteiger partial charge < -0.3 is 9.47 Å². The van der Waals surface area contributed by atoms with Crippen molar-refractivity contribution in [1.82, 2.24) is 0 Å². The molecule has 0 heterocycles. The molecule has 17 heavy (non-hydrogen) atoms. The Hall–Kier alpha value is -1.51. The first-order valence-electron chi connectivity index (χ1n) is 5.80. The summed E-state index contributed by atoms with van der Waals surface area (Å²) in [5.41, 5.74) is 2.22. The van der Waals surface area contributed by atoms with Crippen LogP contribution in [0, 0.1) is 6.92 Å². The monoisotopic (exact) mass is 236 g/mol. The molecule has 0 radical (unpaired) electrons. The molecule has 0 N–H and O–H groups in total. The van der Waals surface area contributed by atoms with Crippen LogP contribution in [0.1, 0.15) is 37.8 Å². The Bertz CT molecular complexity index is 396. The molecule has 1 aromatic carbocycles. The summed E-state index contributed by atoms with van der Waals surface area (Å²) in [7, 11) is 1.36. The van der Waals surface area contributed by atoms with Crippen LogP contribution >= 0.6 is 0 Å². The van der Waals surface area contributed by atoms with Crippen molar-refractivity contribution in [2.24, 2.45) is 0 Å². The molecule has 0 saturated heterocycles. The quantitative estimate of drug-likeness (QED) is 0.754. The molecule has 0 aliphatic rings. The molecule has 1 atom stereocenters. The first kappa shape index (κ1) is 13.6. The van der Waals surface area contributed by atoms with Crippen molar-refractivity contribution in [1.29, 1.82) is 0 Å². The lowest BCUT2D eigenvalue weighted by atomic mass is 10.0. The molecule has 0 aliphatic heterocycles. The van der Waals surface area contributed by atoms with Gasteiger partial charge in [0.15, 0.2) is 6.10 Å². The van der Waals surface area contributed by atoms with Crippen LogP contribution in [0.5, 0.6) is 5.75 Å². The Balaban J connectivity index is 2.96. The van der Waals surface area contributed by atoms with Crippen LogP contribution in [-0.2, 0) is 9.53 Å². The first-order chi connectivity index (χ1) is 7.95. The highest BCUT2D eigenvalue weighted by molar-refractivity contribution is 5.74. The summed E-state index contributed by atoms with van der Waals surface area (Å²) >= 11 is 0. The maximum atomic E-state index is 11.3. The van der Waals surface area contributed by atoms with Crippen LogP contribution in [0.4, 0.5) is 0 Å². The van der Waals surface area contributed by atoms with Crippen LogP contribution < -0.4 is 4.74 Å². The van der Waals surface area contributed by atoms with E-state index in [1.165, 1.54) is 7.11 Å². The summed E-state index contributed by atoms with van der Waals surface area (Å²) in [6, 6.07) is 6.04. The Labute approximate surface area is 103 Å². The van der Waals surface area contributed by atoms with Gasteiger partial charge in [0.1, 0.15) is 5.75 Å². The number of hydrogen-bond donors (Lipinski definition) is 0. The standard InChI is InChI=1S/C14H20O3/c1-9(2)12-7-6-10(3)8-13(12)17-11(4)14(15)16-5/h6-9,11H,1-5H3/t11-/m0/s1. The minimum Gasteiger partial charge on any atom is -0.479 e. The van der Waals surface area contributed by atoms with E-state index < -0.39 is 6.10 Å². The van der Waals surface area contributed by atoms with E-state index in [-0.39, 0.29) is 5.97 Å². The normalized spacial score (nSPS) is 12.4. The minimum atomic E-state index is -0.584. The van der Waals surface area contributed by atoms with Crippen LogP contribution in [0.2, 0.25) is 0 Å². The fourth-order valence-corrected chi connectivity index (χ4v) is 1.63. The molecule has 0 bridgehead atoms. The number of esters is 1. The Kier molecular flexibility index (Phi) is 4.55. The summed E-state index contributed by atoms with van der Waals surface area (Å²) in [6.45, 7) is 7.89. The van der Waals surface area contributed by atoms with Gasteiger partial charge >= 0.3 is 5.97 Å². The van der Waals surface area contributed by atoms with Crippen molar-refractivity contribution in [3.63, 3.8) is 0 Å². The van der Waals surface area contributed by atoms with E-state index in [4.69, 9.17) is 4.74 Å². The van der Waals surface area contributed by atoms with Gasteiger partial charge in [0.2, 0.25) is 0 Å². The molecule has 1 rings (SSSR count). The van der Waals surface area contributed by atoms with Crippen molar-refractivity contribution in [2.75, 3.05) is 7.11 Å². The smallest absolute Gasteiger partial charge is 0.346 e. The summed E-state index contributed by atoms with van der Waals surface area (Å²) in [5.74, 6) is 0.759. The first-order valence-corrected chi connectivity index (χ1v) is 5.80. The van der Waals surface area contributed by atoms with E-state index in [9.17, 15) is 4.79 Å². The maximum Gasteiger partial charge on any atom is 0.346 e. The van der Waals surface area contributed by atoms with Crippen LogP contribution in [-0.4, -0.2) is 19.2 Å². The van der Waals surface area contributed by atoms with Gasteiger partial charge in [0.25, 0.3) is 0 Å². The third-order valence-corrected chi connectivity index (χ3v) is 2.63. The van der Waals surface area contributed by atoms with E-state index >= 15 is 0 Å². The molecule has 1 aromatic rings. The van der Waals surface area contributed by atoms with Gasteiger partial charge in [0.05, 0.1) is 7.11 Å². The van der Waals surface area contributed by atoms with Gasteiger partial charge in [-0.3, -0.25) is 0 Å². The number of methoxy groups -OCH3 is 1. The van der Waals surface area contributed by atoms with Crippen molar-refractivity contribution < 1.29 is 14.3 Å². The molecule has 3 nitrogen and oxygen atoms in total. The largest absolute Gasteiger partial charge is 0.479 e.